The molecule has 0 atom stereocenters. The lowest BCUT2D eigenvalue weighted by atomic mass is 10.2. The van der Waals surface area contributed by atoms with Crippen molar-refractivity contribution >= 4 is 0 Å². The third-order valence-corrected chi connectivity index (χ3v) is 1.64. The van der Waals surface area contributed by atoms with E-state index >= 15 is 0 Å². The molecular formula is C10H5N4. The molecule has 2 aromatic heterocycles. The number of nitriles is 1. The van der Waals surface area contributed by atoms with Crippen molar-refractivity contribution < 1.29 is 0 Å². The molecule has 2 rings (SSSR count). The Morgan fingerprint density at radius 2 is 2.21 bits per heavy atom. The highest BCUT2D eigenvalue weighted by atomic mass is 14.8. The molecule has 1 radical (unpaired) electrons. The number of nitrogens with zero attached hydrogens (tertiary/aromatic N) is 4. The van der Waals surface area contributed by atoms with Gasteiger partial charge < -0.3 is 0 Å². The first-order valence-corrected chi connectivity index (χ1v) is 3.96. The maximum Gasteiger partial charge on any atom is 0.141 e. The van der Waals surface area contributed by atoms with Crippen molar-refractivity contribution in [3.8, 4) is 17.5 Å². The van der Waals surface area contributed by atoms with Crippen LogP contribution in [-0.2, 0) is 0 Å². The minimum atomic E-state index is 0.369. The second-order valence-corrected chi connectivity index (χ2v) is 2.55. The average molecular weight is 181 g/mol. The van der Waals surface area contributed by atoms with Crippen LogP contribution in [0.1, 0.15) is 5.69 Å². The van der Waals surface area contributed by atoms with Gasteiger partial charge in [-0.2, -0.15) is 5.26 Å². The van der Waals surface area contributed by atoms with Gasteiger partial charge in [0.1, 0.15) is 23.7 Å². The van der Waals surface area contributed by atoms with Crippen LogP contribution in [-0.4, -0.2) is 15.0 Å². The van der Waals surface area contributed by atoms with Crippen LogP contribution in [0, 0.1) is 17.5 Å². The van der Waals surface area contributed by atoms with Crippen molar-refractivity contribution in [2.24, 2.45) is 0 Å². The Hall–Kier alpha value is -2.28. The van der Waals surface area contributed by atoms with E-state index in [1.165, 1.54) is 6.20 Å². The fourth-order valence-electron chi connectivity index (χ4n) is 1.03. The number of aromatic nitrogens is 3. The van der Waals surface area contributed by atoms with Gasteiger partial charge in [-0.3, -0.25) is 4.98 Å². The SMILES string of the molecule is N#Cc1cccc(-c2cnc[c]n2)n1. The highest BCUT2D eigenvalue weighted by Gasteiger charge is 2.00. The Morgan fingerprint density at radius 3 is 2.93 bits per heavy atom. The molecule has 0 aromatic carbocycles. The van der Waals surface area contributed by atoms with Crippen LogP contribution in [0.25, 0.3) is 11.4 Å². The molecule has 14 heavy (non-hydrogen) atoms. The average Bonchev–Trinajstić information content (AvgIpc) is 2.30. The standard InChI is InChI=1S/C10H5N4/c11-6-8-2-1-3-9(14-8)10-7-12-4-5-13-10/h1-4,7H. The summed E-state index contributed by atoms with van der Waals surface area (Å²) in [6.07, 6.45) is 5.67. The molecule has 0 aliphatic carbocycles. The predicted molar refractivity (Wildman–Crippen MR) is 48.8 cm³/mol. The topological polar surface area (TPSA) is 62.5 Å². The van der Waals surface area contributed by atoms with E-state index in [-0.39, 0.29) is 0 Å². The van der Waals surface area contributed by atoms with E-state index in [4.69, 9.17) is 5.26 Å². The third-order valence-electron chi connectivity index (χ3n) is 1.64. The van der Waals surface area contributed by atoms with Crippen LogP contribution in [0.4, 0.5) is 0 Å². The van der Waals surface area contributed by atoms with E-state index in [2.05, 4.69) is 21.1 Å². The molecule has 0 unspecified atom stereocenters. The number of hydrogen-bond donors (Lipinski definition) is 0. The minimum absolute atomic E-state index is 0.369. The zero-order valence-electron chi connectivity index (χ0n) is 7.18. The van der Waals surface area contributed by atoms with Crippen LogP contribution in [0.5, 0.6) is 0 Å². The van der Waals surface area contributed by atoms with Crippen molar-refractivity contribution in [3.05, 3.63) is 42.5 Å². The lowest BCUT2D eigenvalue weighted by molar-refractivity contribution is 1.16. The van der Waals surface area contributed by atoms with Gasteiger partial charge in [-0.15, -0.1) is 0 Å². The highest BCUT2D eigenvalue weighted by Crippen LogP contribution is 2.11. The van der Waals surface area contributed by atoms with E-state index in [9.17, 15) is 0 Å². The first-order chi connectivity index (χ1) is 6.90. The molecule has 0 aliphatic rings. The highest BCUT2D eigenvalue weighted by molar-refractivity contribution is 5.53. The van der Waals surface area contributed by atoms with Gasteiger partial charge in [0.2, 0.25) is 0 Å². The molecule has 0 saturated carbocycles. The smallest absolute Gasteiger partial charge is 0.141 e. The van der Waals surface area contributed by atoms with Crippen molar-refractivity contribution in [2.75, 3.05) is 0 Å². The third kappa shape index (κ3) is 1.57. The van der Waals surface area contributed by atoms with E-state index in [0.29, 0.717) is 17.1 Å². The summed E-state index contributed by atoms with van der Waals surface area (Å²) in [4.78, 5) is 11.9. The summed E-state index contributed by atoms with van der Waals surface area (Å²) in [6, 6.07) is 7.15. The van der Waals surface area contributed by atoms with E-state index in [1.807, 2.05) is 6.07 Å². The van der Waals surface area contributed by atoms with Crippen molar-refractivity contribution in [3.63, 3.8) is 0 Å². The molecule has 0 amide bonds. The number of hydrogen-bond acceptors (Lipinski definition) is 4. The molecule has 65 valence electrons. The maximum absolute atomic E-state index is 8.65. The van der Waals surface area contributed by atoms with E-state index in [1.54, 1.807) is 24.4 Å². The lowest BCUT2D eigenvalue weighted by Gasteiger charge is -1.97. The molecule has 2 aromatic rings. The predicted octanol–water partition coefficient (Wildman–Crippen LogP) is 1.21. The zero-order valence-corrected chi connectivity index (χ0v) is 7.18. The van der Waals surface area contributed by atoms with Gasteiger partial charge in [0, 0.05) is 0 Å². The van der Waals surface area contributed by atoms with E-state index < -0.39 is 0 Å². The number of pyridine rings is 1. The molecule has 0 fully saturated rings. The minimum Gasteiger partial charge on any atom is -0.260 e. The summed E-state index contributed by atoms with van der Waals surface area (Å²) in [7, 11) is 0. The van der Waals surface area contributed by atoms with Gasteiger partial charge in [-0.1, -0.05) is 6.07 Å². The van der Waals surface area contributed by atoms with Gasteiger partial charge in [0.25, 0.3) is 0 Å². The van der Waals surface area contributed by atoms with Crippen molar-refractivity contribution in [1.82, 2.24) is 15.0 Å². The summed E-state index contributed by atoms with van der Waals surface area (Å²) in [5.74, 6) is 0. The summed E-state index contributed by atoms with van der Waals surface area (Å²) >= 11 is 0. The maximum atomic E-state index is 8.65. The van der Waals surface area contributed by atoms with Gasteiger partial charge in [0.05, 0.1) is 18.1 Å². The molecule has 0 N–H and O–H groups in total. The normalized spacial score (nSPS) is 9.36. The molecule has 4 heteroatoms. The lowest BCUT2D eigenvalue weighted by Crippen LogP contribution is -1.90. The largest absolute Gasteiger partial charge is 0.260 e. The first kappa shape index (κ1) is 8.32. The number of rotatable bonds is 1. The quantitative estimate of drug-likeness (QED) is 0.663. The van der Waals surface area contributed by atoms with Crippen LogP contribution >= 0.6 is 0 Å². The monoisotopic (exact) mass is 181 g/mol. The molecule has 0 bridgehead atoms. The van der Waals surface area contributed by atoms with Crippen LogP contribution in [0.3, 0.4) is 0 Å². The summed E-state index contributed by atoms with van der Waals surface area (Å²) in [6.45, 7) is 0. The molecule has 2 heterocycles. The molecule has 0 aliphatic heterocycles. The zero-order chi connectivity index (χ0) is 9.80. The van der Waals surface area contributed by atoms with Gasteiger partial charge in [-0.25, -0.2) is 9.97 Å². The van der Waals surface area contributed by atoms with Crippen molar-refractivity contribution in [1.29, 1.82) is 5.26 Å². The summed E-state index contributed by atoms with van der Waals surface area (Å²) in [5.41, 5.74) is 1.62. The molecule has 4 nitrogen and oxygen atoms in total. The molecule has 0 spiro atoms. The van der Waals surface area contributed by atoms with Crippen LogP contribution in [0.2, 0.25) is 0 Å². The van der Waals surface area contributed by atoms with Gasteiger partial charge in [0.15, 0.2) is 0 Å². The van der Waals surface area contributed by atoms with Gasteiger partial charge in [-0.05, 0) is 12.1 Å². The second-order valence-electron chi connectivity index (χ2n) is 2.55. The Balaban J connectivity index is 2.49. The fourth-order valence-corrected chi connectivity index (χ4v) is 1.03. The summed E-state index contributed by atoms with van der Waals surface area (Å²) < 4.78 is 0. The first-order valence-electron chi connectivity index (χ1n) is 3.96. The molecular weight excluding hydrogens is 176 g/mol. The second kappa shape index (κ2) is 3.62. The Bertz CT molecular complexity index is 473. The van der Waals surface area contributed by atoms with Crippen LogP contribution < -0.4 is 0 Å². The van der Waals surface area contributed by atoms with Gasteiger partial charge >= 0.3 is 0 Å². The Morgan fingerprint density at radius 1 is 1.29 bits per heavy atom. The fraction of sp³-hybridized carbons (Fsp3) is 0. The Kier molecular flexibility index (Phi) is 2.15. The van der Waals surface area contributed by atoms with Crippen molar-refractivity contribution in [2.45, 2.75) is 0 Å². The van der Waals surface area contributed by atoms with Crippen LogP contribution in [0.15, 0.2) is 30.6 Å². The molecule has 0 saturated heterocycles. The summed E-state index contributed by atoms with van der Waals surface area (Å²) in [5, 5.41) is 8.65. The van der Waals surface area contributed by atoms with E-state index in [0.717, 1.165) is 0 Å². The Labute approximate surface area is 80.9 Å².